The van der Waals surface area contributed by atoms with Crippen molar-refractivity contribution in [3.8, 4) is 5.06 Å². The zero-order valence-electron chi connectivity index (χ0n) is 16.6. The standard InChI is InChI=1S/C18H38S.C4H4OS/c1-2-3-4-5-6-7-8-9-10-11-12-13-14-15-16-17-18-19;5-4-2-1-3-6-4/h19H,2-18H2,1H3;1-3,5H. The second-order valence-electron chi connectivity index (χ2n) is 6.98. The first-order valence-electron chi connectivity index (χ1n) is 10.6. The molecule has 1 aromatic heterocycles. The first-order valence-corrected chi connectivity index (χ1v) is 12.2. The third-order valence-electron chi connectivity index (χ3n) is 4.52. The summed E-state index contributed by atoms with van der Waals surface area (Å²) in [6.45, 7) is 2.29. The highest BCUT2D eigenvalue weighted by atomic mass is 32.1. The van der Waals surface area contributed by atoms with E-state index in [1.165, 1.54) is 114 Å². The number of hydrogen-bond acceptors (Lipinski definition) is 3. The van der Waals surface area contributed by atoms with E-state index in [2.05, 4.69) is 19.6 Å². The maximum Gasteiger partial charge on any atom is 0.171 e. The van der Waals surface area contributed by atoms with Crippen LogP contribution in [0.25, 0.3) is 0 Å². The molecule has 0 unspecified atom stereocenters. The van der Waals surface area contributed by atoms with E-state index in [4.69, 9.17) is 5.11 Å². The number of hydrogen-bond donors (Lipinski definition) is 2. The van der Waals surface area contributed by atoms with Crippen LogP contribution in [0.3, 0.4) is 0 Å². The first kappa shape index (κ1) is 24.8. The van der Waals surface area contributed by atoms with Crippen molar-refractivity contribution in [1.82, 2.24) is 0 Å². The summed E-state index contributed by atoms with van der Waals surface area (Å²) in [5.41, 5.74) is 0. The predicted octanol–water partition coefficient (Wildman–Crippen LogP) is 8.63. The van der Waals surface area contributed by atoms with Crippen LogP contribution in [-0.2, 0) is 0 Å². The van der Waals surface area contributed by atoms with Crippen molar-refractivity contribution in [3.63, 3.8) is 0 Å². The Hall–Kier alpha value is -0.150. The van der Waals surface area contributed by atoms with Crippen molar-refractivity contribution in [2.75, 3.05) is 5.75 Å². The van der Waals surface area contributed by atoms with Gasteiger partial charge in [-0.15, -0.1) is 11.3 Å². The van der Waals surface area contributed by atoms with Gasteiger partial charge in [-0.05, 0) is 29.7 Å². The van der Waals surface area contributed by atoms with Gasteiger partial charge >= 0.3 is 0 Å². The highest BCUT2D eigenvalue weighted by molar-refractivity contribution is 7.80. The van der Waals surface area contributed by atoms with Gasteiger partial charge in [0.25, 0.3) is 0 Å². The maximum absolute atomic E-state index is 8.49. The molecular weight excluding hydrogens is 344 g/mol. The van der Waals surface area contributed by atoms with Crippen molar-refractivity contribution in [2.45, 2.75) is 110 Å². The minimum absolute atomic E-state index is 0.384. The molecule has 1 N–H and O–H groups in total. The third-order valence-corrected chi connectivity index (χ3v) is 5.50. The lowest BCUT2D eigenvalue weighted by atomic mass is 10.0. The van der Waals surface area contributed by atoms with Gasteiger partial charge in [-0.25, -0.2) is 0 Å². The lowest BCUT2D eigenvalue weighted by Gasteiger charge is -2.03. The summed E-state index contributed by atoms with van der Waals surface area (Å²) in [6, 6.07) is 3.46. The molecule has 0 aromatic carbocycles. The van der Waals surface area contributed by atoms with E-state index >= 15 is 0 Å². The van der Waals surface area contributed by atoms with Gasteiger partial charge in [-0.3, -0.25) is 0 Å². The van der Waals surface area contributed by atoms with Gasteiger partial charge in [0.05, 0.1) is 0 Å². The fourth-order valence-corrected chi connectivity index (χ4v) is 3.61. The van der Waals surface area contributed by atoms with Crippen LogP contribution in [0.15, 0.2) is 17.5 Å². The minimum Gasteiger partial charge on any atom is -0.499 e. The van der Waals surface area contributed by atoms with Gasteiger partial charge in [0.15, 0.2) is 5.06 Å². The molecule has 148 valence electrons. The van der Waals surface area contributed by atoms with E-state index in [-0.39, 0.29) is 0 Å². The maximum atomic E-state index is 8.49. The SMILES string of the molecule is CCCCCCCCCCCCCCCCCCS.Oc1cccs1. The van der Waals surface area contributed by atoms with Crippen LogP contribution in [0, 0.1) is 0 Å². The number of thiophene rings is 1. The second kappa shape index (κ2) is 21.9. The van der Waals surface area contributed by atoms with Crippen molar-refractivity contribution in [2.24, 2.45) is 0 Å². The van der Waals surface area contributed by atoms with E-state index in [9.17, 15) is 0 Å². The van der Waals surface area contributed by atoms with Crippen LogP contribution < -0.4 is 0 Å². The minimum atomic E-state index is 0.384. The highest BCUT2D eigenvalue weighted by Crippen LogP contribution is 2.14. The summed E-state index contributed by atoms with van der Waals surface area (Å²) >= 11 is 5.58. The van der Waals surface area contributed by atoms with Crippen LogP contribution in [0.2, 0.25) is 0 Å². The van der Waals surface area contributed by atoms with Crippen LogP contribution in [0.4, 0.5) is 0 Å². The molecule has 1 heterocycles. The topological polar surface area (TPSA) is 20.2 Å². The van der Waals surface area contributed by atoms with Crippen molar-refractivity contribution < 1.29 is 5.11 Å². The smallest absolute Gasteiger partial charge is 0.171 e. The van der Waals surface area contributed by atoms with Crippen molar-refractivity contribution >= 4 is 24.0 Å². The van der Waals surface area contributed by atoms with E-state index in [1.807, 2.05) is 5.38 Å². The monoisotopic (exact) mass is 386 g/mol. The molecule has 0 fully saturated rings. The molecule has 0 amide bonds. The molecule has 0 bridgehead atoms. The summed E-state index contributed by atoms with van der Waals surface area (Å²) in [5.74, 6) is 1.07. The first-order chi connectivity index (χ1) is 12.3. The molecule has 0 spiro atoms. The van der Waals surface area contributed by atoms with Gasteiger partial charge in [-0.1, -0.05) is 103 Å². The van der Waals surface area contributed by atoms with Gasteiger partial charge < -0.3 is 5.11 Å². The summed E-state index contributed by atoms with van der Waals surface area (Å²) in [7, 11) is 0. The Morgan fingerprint density at radius 1 is 0.720 bits per heavy atom. The highest BCUT2D eigenvalue weighted by Gasteiger charge is 1.94. The van der Waals surface area contributed by atoms with E-state index in [0.29, 0.717) is 5.06 Å². The molecule has 25 heavy (non-hydrogen) atoms. The zero-order valence-corrected chi connectivity index (χ0v) is 18.3. The fraction of sp³-hybridized carbons (Fsp3) is 0.818. The van der Waals surface area contributed by atoms with Crippen LogP contribution in [0.1, 0.15) is 110 Å². The Balaban J connectivity index is 0.000000796. The Labute approximate surface area is 167 Å². The molecule has 0 aliphatic rings. The van der Waals surface area contributed by atoms with Crippen molar-refractivity contribution in [1.29, 1.82) is 0 Å². The quantitative estimate of drug-likeness (QED) is 0.215. The Kier molecular flexibility index (Phi) is 21.8. The van der Waals surface area contributed by atoms with Gasteiger partial charge in [0, 0.05) is 0 Å². The average Bonchev–Trinajstić information content (AvgIpc) is 3.10. The largest absolute Gasteiger partial charge is 0.499 e. The lowest BCUT2D eigenvalue weighted by Crippen LogP contribution is -1.83. The zero-order chi connectivity index (χ0) is 18.4. The Morgan fingerprint density at radius 3 is 1.36 bits per heavy atom. The second-order valence-corrected chi connectivity index (χ2v) is 8.35. The predicted molar refractivity (Wildman–Crippen MR) is 119 cm³/mol. The molecule has 1 rings (SSSR count). The molecular formula is C22H42OS2. The molecule has 3 heteroatoms. The van der Waals surface area contributed by atoms with E-state index in [1.54, 1.807) is 12.1 Å². The number of rotatable bonds is 16. The van der Waals surface area contributed by atoms with Crippen LogP contribution >= 0.6 is 24.0 Å². The fourth-order valence-electron chi connectivity index (χ4n) is 2.93. The van der Waals surface area contributed by atoms with Gasteiger partial charge in [0.1, 0.15) is 0 Å². The molecule has 0 aliphatic heterocycles. The van der Waals surface area contributed by atoms with Gasteiger partial charge in [0.2, 0.25) is 0 Å². The Morgan fingerprint density at radius 2 is 1.12 bits per heavy atom. The normalized spacial score (nSPS) is 10.5. The lowest BCUT2D eigenvalue weighted by molar-refractivity contribution is 0.491. The number of unbranched alkanes of at least 4 members (excludes halogenated alkanes) is 15. The van der Waals surface area contributed by atoms with E-state index in [0.717, 1.165) is 5.75 Å². The Bertz CT molecular complexity index is 309. The molecule has 0 radical (unpaired) electrons. The molecule has 0 aliphatic carbocycles. The summed E-state index contributed by atoms with van der Waals surface area (Å²) in [6.07, 6.45) is 23.1. The van der Waals surface area contributed by atoms with Crippen molar-refractivity contribution in [3.05, 3.63) is 17.5 Å². The summed E-state index contributed by atoms with van der Waals surface area (Å²) in [4.78, 5) is 0. The molecule has 1 aromatic rings. The number of thiol groups is 1. The average molecular weight is 387 g/mol. The molecule has 1 nitrogen and oxygen atoms in total. The van der Waals surface area contributed by atoms with E-state index < -0.39 is 0 Å². The third kappa shape index (κ3) is 21.8. The van der Waals surface area contributed by atoms with Crippen LogP contribution in [0.5, 0.6) is 5.06 Å². The number of aromatic hydroxyl groups is 1. The van der Waals surface area contributed by atoms with Gasteiger partial charge in [-0.2, -0.15) is 12.6 Å². The summed E-state index contributed by atoms with van der Waals surface area (Å²) < 4.78 is 0. The molecule has 0 atom stereocenters. The molecule has 0 saturated heterocycles. The van der Waals surface area contributed by atoms with Crippen LogP contribution in [-0.4, -0.2) is 10.9 Å². The molecule has 0 saturated carbocycles. The summed E-state index contributed by atoms with van der Waals surface area (Å²) in [5, 5.41) is 10.7.